The van der Waals surface area contributed by atoms with Crippen molar-refractivity contribution in [3.05, 3.63) is 107 Å². The number of anilines is 1. The van der Waals surface area contributed by atoms with Crippen LogP contribution in [0.2, 0.25) is 0 Å². The van der Waals surface area contributed by atoms with E-state index in [4.69, 9.17) is 0 Å². The highest BCUT2D eigenvalue weighted by Gasteiger charge is 2.42. The second-order valence-electron chi connectivity index (χ2n) is 9.83. The molecule has 0 N–H and O–H groups in total. The fourth-order valence-electron chi connectivity index (χ4n) is 4.29. The number of carbonyl (C=O) groups excluding carboxylic acids is 2. The van der Waals surface area contributed by atoms with Gasteiger partial charge in [-0.05, 0) is 48.1 Å². The molecule has 0 radical (unpaired) electrons. The van der Waals surface area contributed by atoms with E-state index in [1.165, 1.54) is 4.90 Å². The Bertz CT molecular complexity index is 1220. The molecule has 3 aromatic carbocycles. The van der Waals surface area contributed by atoms with E-state index in [9.17, 15) is 9.59 Å². The average molecular weight is 453 g/mol. The van der Waals surface area contributed by atoms with Crippen LogP contribution in [0.1, 0.15) is 49.9 Å². The summed E-state index contributed by atoms with van der Waals surface area (Å²) in [7, 11) is 0. The van der Waals surface area contributed by atoms with Gasteiger partial charge in [0, 0.05) is 13.1 Å². The number of aryl methyl sites for hydroxylation is 1. The zero-order valence-electron chi connectivity index (χ0n) is 20.6. The van der Waals surface area contributed by atoms with Crippen LogP contribution in [0.3, 0.4) is 0 Å². The summed E-state index contributed by atoms with van der Waals surface area (Å²) in [5, 5.41) is 0. The van der Waals surface area contributed by atoms with Crippen molar-refractivity contribution in [1.29, 1.82) is 0 Å². The first-order chi connectivity index (χ1) is 16.2. The topological polar surface area (TPSA) is 40.6 Å². The van der Waals surface area contributed by atoms with Crippen molar-refractivity contribution in [1.82, 2.24) is 4.90 Å². The summed E-state index contributed by atoms with van der Waals surface area (Å²) in [4.78, 5) is 31.0. The third-order valence-corrected chi connectivity index (χ3v) is 6.31. The SMILES string of the molecule is CCN(Cc1ccccc1)C1=C(c2ccc(C)cc2)C(=O)N(c2ccc(C(C)(C)C)cc2)C1=O. The Morgan fingerprint density at radius 1 is 0.794 bits per heavy atom. The third-order valence-electron chi connectivity index (χ3n) is 6.31. The molecule has 4 rings (SSSR count). The maximum Gasteiger partial charge on any atom is 0.282 e. The molecule has 0 aromatic heterocycles. The van der Waals surface area contributed by atoms with Gasteiger partial charge in [0.05, 0.1) is 11.3 Å². The number of rotatable bonds is 6. The van der Waals surface area contributed by atoms with Gasteiger partial charge >= 0.3 is 0 Å². The lowest BCUT2D eigenvalue weighted by atomic mass is 9.87. The molecule has 0 saturated heterocycles. The van der Waals surface area contributed by atoms with E-state index in [-0.39, 0.29) is 17.2 Å². The summed E-state index contributed by atoms with van der Waals surface area (Å²) in [6.07, 6.45) is 0. The van der Waals surface area contributed by atoms with E-state index in [1.54, 1.807) is 0 Å². The van der Waals surface area contributed by atoms with Crippen LogP contribution in [-0.2, 0) is 21.5 Å². The molecule has 0 aliphatic carbocycles. The van der Waals surface area contributed by atoms with E-state index >= 15 is 0 Å². The lowest BCUT2D eigenvalue weighted by Gasteiger charge is -2.25. The molecule has 0 spiro atoms. The molecule has 0 saturated carbocycles. The van der Waals surface area contributed by atoms with E-state index < -0.39 is 0 Å². The molecular formula is C30H32N2O2. The van der Waals surface area contributed by atoms with Gasteiger partial charge < -0.3 is 4.90 Å². The standard InChI is InChI=1S/C30H32N2O2/c1-6-31(20-22-10-8-7-9-11-22)27-26(23-14-12-21(2)13-15-23)28(33)32(29(27)34)25-18-16-24(17-19-25)30(3,4)5/h7-19H,6,20H2,1-5H3. The smallest absolute Gasteiger partial charge is 0.282 e. The Morgan fingerprint density at radius 3 is 1.97 bits per heavy atom. The van der Waals surface area contributed by atoms with Crippen LogP contribution >= 0.6 is 0 Å². The first-order valence-corrected chi connectivity index (χ1v) is 11.8. The zero-order valence-corrected chi connectivity index (χ0v) is 20.6. The van der Waals surface area contributed by atoms with Crippen LogP contribution in [0.15, 0.2) is 84.6 Å². The van der Waals surface area contributed by atoms with Crippen molar-refractivity contribution in [3.63, 3.8) is 0 Å². The highest BCUT2D eigenvalue weighted by Crippen LogP contribution is 2.36. The molecule has 2 amide bonds. The molecule has 1 aliphatic rings. The summed E-state index contributed by atoms with van der Waals surface area (Å²) < 4.78 is 0. The van der Waals surface area contributed by atoms with Crippen molar-refractivity contribution in [2.45, 2.75) is 46.6 Å². The minimum atomic E-state index is -0.279. The fraction of sp³-hybridized carbons (Fsp3) is 0.267. The summed E-state index contributed by atoms with van der Waals surface area (Å²) in [5.74, 6) is -0.555. The van der Waals surface area contributed by atoms with Gasteiger partial charge in [0.25, 0.3) is 11.8 Å². The van der Waals surface area contributed by atoms with E-state index in [1.807, 2.05) is 97.6 Å². The maximum absolute atomic E-state index is 13.8. The summed E-state index contributed by atoms with van der Waals surface area (Å²) in [6, 6.07) is 25.6. The minimum Gasteiger partial charge on any atom is -0.362 e. The highest BCUT2D eigenvalue weighted by atomic mass is 16.2. The molecule has 0 unspecified atom stereocenters. The highest BCUT2D eigenvalue weighted by molar-refractivity contribution is 6.45. The van der Waals surface area contributed by atoms with Crippen LogP contribution in [0.5, 0.6) is 0 Å². The number of carbonyl (C=O) groups is 2. The molecule has 4 nitrogen and oxygen atoms in total. The number of hydrogen-bond acceptors (Lipinski definition) is 3. The Balaban J connectivity index is 1.79. The van der Waals surface area contributed by atoms with Crippen molar-refractivity contribution in [2.24, 2.45) is 0 Å². The van der Waals surface area contributed by atoms with Gasteiger partial charge in [0.1, 0.15) is 5.70 Å². The van der Waals surface area contributed by atoms with Crippen molar-refractivity contribution >= 4 is 23.1 Å². The third kappa shape index (κ3) is 4.54. The predicted molar refractivity (Wildman–Crippen MR) is 138 cm³/mol. The number of benzene rings is 3. The molecule has 1 aliphatic heterocycles. The Morgan fingerprint density at radius 2 is 1.41 bits per heavy atom. The Kier molecular flexibility index (Phi) is 6.43. The van der Waals surface area contributed by atoms with Gasteiger partial charge in [0.15, 0.2) is 0 Å². The van der Waals surface area contributed by atoms with Gasteiger partial charge in [-0.3, -0.25) is 9.59 Å². The molecule has 0 fully saturated rings. The van der Waals surface area contributed by atoms with Crippen LogP contribution in [-0.4, -0.2) is 23.3 Å². The fourth-order valence-corrected chi connectivity index (χ4v) is 4.29. The van der Waals surface area contributed by atoms with Crippen LogP contribution in [0.25, 0.3) is 5.57 Å². The maximum atomic E-state index is 13.8. The molecule has 4 heteroatoms. The normalized spacial score (nSPS) is 14.2. The van der Waals surface area contributed by atoms with Crippen molar-refractivity contribution < 1.29 is 9.59 Å². The number of hydrogen-bond donors (Lipinski definition) is 0. The van der Waals surface area contributed by atoms with E-state index in [0.717, 1.165) is 22.3 Å². The van der Waals surface area contributed by atoms with Gasteiger partial charge in [0.2, 0.25) is 0 Å². The zero-order chi connectivity index (χ0) is 24.5. The number of nitrogens with zero attached hydrogens (tertiary/aromatic N) is 2. The summed E-state index contributed by atoms with van der Waals surface area (Å²) >= 11 is 0. The first kappa shape index (κ1) is 23.5. The second kappa shape index (κ2) is 9.30. The largest absolute Gasteiger partial charge is 0.362 e. The minimum absolute atomic E-state index is 0.0112. The quantitative estimate of drug-likeness (QED) is 0.424. The molecule has 3 aromatic rings. The summed E-state index contributed by atoms with van der Waals surface area (Å²) in [5.41, 5.74) is 5.62. The number of likely N-dealkylation sites (N-methyl/N-ethyl adjacent to an activating group) is 1. The monoisotopic (exact) mass is 452 g/mol. The van der Waals surface area contributed by atoms with Crippen molar-refractivity contribution in [3.8, 4) is 0 Å². The van der Waals surface area contributed by atoms with Gasteiger partial charge in [-0.25, -0.2) is 4.90 Å². The molecular weight excluding hydrogens is 420 g/mol. The Labute approximate surface area is 202 Å². The van der Waals surface area contributed by atoms with Gasteiger partial charge in [-0.2, -0.15) is 0 Å². The van der Waals surface area contributed by atoms with Crippen LogP contribution in [0, 0.1) is 6.92 Å². The van der Waals surface area contributed by atoms with Crippen molar-refractivity contribution in [2.75, 3.05) is 11.4 Å². The molecule has 0 bridgehead atoms. The predicted octanol–water partition coefficient (Wildman–Crippen LogP) is 6.10. The first-order valence-electron chi connectivity index (χ1n) is 11.8. The second-order valence-corrected chi connectivity index (χ2v) is 9.83. The molecule has 34 heavy (non-hydrogen) atoms. The van der Waals surface area contributed by atoms with Gasteiger partial charge in [-0.15, -0.1) is 0 Å². The van der Waals surface area contributed by atoms with Crippen LogP contribution in [0.4, 0.5) is 5.69 Å². The number of imide groups is 1. The van der Waals surface area contributed by atoms with Gasteiger partial charge in [-0.1, -0.05) is 93.1 Å². The molecule has 174 valence electrons. The summed E-state index contributed by atoms with van der Waals surface area (Å²) in [6.45, 7) is 11.6. The average Bonchev–Trinajstić information content (AvgIpc) is 3.08. The Hall–Kier alpha value is -3.66. The molecule has 1 heterocycles. The lowest BCUT2D eigenvalue weighted by Crippen LogP contribution is -2.35. The van der Waals surface area contributed by atoms with E-state index in [0.29, 0.717) is 30.0 Å². The molecule has 0 atom stereocenters. The van der Waals surface area contributed by atoms with Crippen LogP contribution < -0.4 is 4.90 Å². The van der Waals surface area contributed by atoms with E-state index in [2.05, 4.69) is 20.8 Å². The lowest BCUT2D eigenvalue weighted by molar-refractivity contribution is -0.120. The number of amides is 2.